The van der Waals surface area contributed by atoms with E-state index in [1.54, 1.807) is 17.4 Å². The minimum Gasteiger partial charge on any atom is -0.370 e. The molecule has 0 radical (unpaired) electrons. The van der Waals surface area contributed by atoms with E-state index in [0.717, 1.165) is 37.1 Å². The molecular weight excluding hydrogens is 458 g/mol. The van der Waals surface area contributed by atoms with Crippen LogP contribution in [0.5, 0.6) is 0 Å². The predicted molar refractivity (Wildman–Crippen MR) is 138 cm³/mol. The highest BCUT2D eigenvalue weighted by atomic mass is 32.1. The van der Waals surface area contributed by atoms with Crippen LogP contribution in [-0.2, 0) is 17.8 Å². The van der Waals surface area contributed by atoms with Gasteiger partial charge in [0.25, 0.3) is 11.8 Å². The van der Waals surface area contributed by atoms with Crippen LogP contribution in [0.4, 0.5) is 5.69 Å². The van der Waals surface area contributed by atoms with Gasteiger partial charge in [0.2, 0.25) is 5.91 Å². The first-order valence-corrected chi connectivity index (χ1v) is 13.0. The summed E-state index contributed by atoms with van der Waals surface area (Å²) in [6.07, 6.45) is 2.52. The SMILES string of the molecule is CN(CCc1ccccc1)C(=O)[C@@H]1CCCN(c2cccc3c2C(=O)N(Cc2ccsc2)C3=O)C1. The lowest BCUT2D eigenvalue weighted by Gasteiger charge is -2.36. The number of carbonyl (C=O) groups is 3. The van der Waals surface area contributed by atoms with Gasteiger partial charge in [0.1, 0.15) is 0 Å². The van der Waals surface area contributed by atoms with E-state index in [1.807, 2.05) is 59.1 Å². The highest BCUT2D eigenvalue weighted by molar-refractivity contribution is 7.07. The van der Waals surface area contributed by atoms with Gasteiger partial charge < -0.3 is 9.80 Å². The van der Waals surface area contributed by atoms with Crippen LogP contribution in [0.2, 0.25) is 0 Å². The molecule has 2 aliphatic rings. The highest BCUT2D eigenvalue weighted by Gasteiger charge is 2.39. The number of hydrogen-bond acceptors (Lipinski definition) is 5. The summed E-state index contributed by atoms with van der Waals surface area (Å²) in [5.41, 5.74) is 3.85. The van der Waals surface area contributed by atoms with Crippen LogP contribution in [0.1, 0.15) is 44.7 Å². The maximum Gasteiger partial charge on any atom is 0.263 e. The summed E-state index contributed by atoms with van der Waals surface area (Å²) in [6.45, 7) is 2.27. The number of benzene rings is 2. The van der Waals surface area contributed by atoms with Gasteiger partial charge in [0.05, 0.1) is 29.3 Å². The van der Waals surface area contributed by atoms with Crippen molar-refractivity contribution in [3.05, 3.63) is 87.6 Å². The largest absolute Gasteiger partial charge is 0.370 e. The first-order valence-electron chi connectivity index (χ1n) is 12.1. The Morgan fingerprint density at radius 2 is 1.86 bits per heavy atom. The minimum absolute atomic E-state index is 0.130. The molecule has 180 valence electrons. The molecule has 3 aromatic rings. The molecular formula is C28H29N3O3S. The van der Waals surface area contributed by atoms with Crippen molar-refractivity contribution < 1.29 is 14.4 Å². The molecule has 1 atom stereocenters. The molecule has 0 bridgehead atoms. The zero-order valence-corrected chi connectivity index (χ0v) is 20.7. The van der Waals surface area contributed by atoms with Crippen LogP contribution in [-0.4, -0.2) is 54.2 Å². The third-order valence-corrected chi connectivity index (χ3v) is 7.70. The Bertz CT molecular complexity index is 1230. The minimum atomic E-state index is -0.250. The van der Waals surface area contributed by atoms with Gasteiger partial charge in [-0.05, 0) is 59.3 Å². The highest BCUT2D eigenvalue weighted by Crippen LogP contribution is 2.35. The first kappa shape index (κ1) is 23.3. The van der Waals surface area contributed by atoms with Crippen LogP contribution in [0.15, 0.2) is 65.4 Å². The summed E-state index contributed by atoms with van der Waals surface area (Å²) < 4.78 is 0. The van der Waals surface area contributed by atoms with Crippen molar-refractivity contribution in [1.82, 2.24) is 9.80 Å². The Morgan fingerprint density at radius 3 is 2.63 bits per heavy atom. The number of rotatable bonds is 7. The molecule has 7 heteroatoms. The Hall–Kier alpha value is -3.45. The van der Waals surface area contributed by atoms with Crippen molar-refractivity contribution in [2.45, 2.75) is 25.8 Å². The van der Waals surface area contributed by atoms with Crippen molar-refractivity contribution in [3.63, 3.8) is 0 Å². The number of thiophene rings is 1. The van der Waals surface area contributed by atoms with Crippen molar-refractivity contribution in [2.75, 3.05) is 31.6 Å². The zero-order valence-electron chi connectivity index (χ0n) is 19.9. The lowest BCUT2D eigenvalue weighted by molar-refractivity contribution is -0.134. The molecule has 2 aromatic carbocycles. The Morgan fingerprint density at radius 1 is 1.03 bits per heavy atom. The van der Waals surface area contributed by atoms with Crippen molar-refractivity contribution >= 4 is 34.7 Å². The van der Waals surface area contributed by atoms with E-state index in [4.69, 9.17) is 0 Å². The van der Waals surface area contributed by atoms with Gasteiger partial charge >= 0.3 is 0 Å². The second-order valence-electron chi connectivity index (χ2n) is 9.31. The number of amides is 3. The van der Waals surface area contributed by atoms with Crippen molar-refractivity contribution in [3.8, 4) is 0 Å². The third kappa shape index (κ3) is 4.73. The van der Waals surface area contributed by atoms with Crippen LogP contribution in [0.3, 0.4) is 0 Å². The number of imide groups is 1. The topological polar surface area (TPSA) is 60.9 Å². The van der Waals surface area contributed by atoms with Gasteiger partial charge in [-0.15, -0.1) is 0 Å². The van der Waals surface area contributed by atoms with Gasteiger partial charge in [0.15, 0.2) is 0 Å². The molecule has 0 aliphatic carbocycles. The standard InChI is InChI=1S/C28H29N3O3S/c1-29(15-12-20-7-3-2-4-8-20)26(32)22-9-6-14-30(18-22)24-11-5-10-23-25(24)28(34)31(27(23)33)17-21-13-16-35-19-21/h2-5,7-8,10-11,13,16,19,22H,6,9,12,14-15,17-18H2,1H3/t22-/m1/s1. The number of nitrogens with zero attached hydrogens (tertiary/aromatic N) is 3. The second-order valence-corrected chi connectivity index (χ2v) is 10.1. The number of carbonyl (C=O) groups excluding carboxylic acids is 3. The molecule has 5 rings (SSSR count). The summed E-state index contributed by atoms with van der Waals surface area (Å²) in [5, 5.41) is 3.90. The van der Waals surface area contributed by atoms with Gasteiger partial charge in [-0.2, -0.15) is 11.3 Å². The Labute approximate surface area is 209 Å². The van der Waals surface area contributed by atoms with E-state index in [0.29, 0.717) is 24.2 Å². The molecule has 0 N–H and O–H groups in total. The summed E-state index contributed by atoms with van der Waals surface area (Å²) in [4.78, 5) is 44.9. The van der Waals surface area contributed by atoms with Gasteiger partial charge in [0, 0.05) is 26.7 Å². The van der Waals surface area contributed by atoms with Crippen LogP contribution >= 0.6 is 11.3 Å². The van der Waals surface area contributed by atoms with Gasteiger partial charge in [-0.1, -0.05) is 36.4 Å². The zero-order chi connectivity index (χ0) is 24.4. The second kappa shape index (κ2) is 10.0. The molecule has 3 heterocycles. The summed E-state index contributed by atoms with van der Waals surface area (Å²) >= 11 is 1.55. The summed E-state index contributed by atoms with van der Waals surface area (Å²) in [7, 11) is 1.87. The fourth-order valence-corrected chi connectivity index (χ4v) is 5.71. The predicted octanol–water partition coefficient (Wildman–Crippen LogP) is 4.46. The monoisotopic (exact) mass is 487 g/mol. The molecule has 2 aliphatic heterocycles. The van der Waals surface area contributed by atoms with Crippen LogP contribution < -0.4 is 4.90 Å². The number of fused-ring (bicyclic) bond motifs is 1. The summed E-state index contributed by atoms with van der Waals surface area (Å²) in [5.74, 6) is -0.488. The molecule has 35 heavy (non-hydrogen) atoms. The number of anilines is 1. The van der Waals surface area contributed by atoms with Crippen molar-refractivity contribution in [2.24, 2.45) is 5.92 Å². The maximum absolute atomic E-state index is 13.3. The number of hydrogen-bond donors (Lipinski definition) is 0. The number of piperidine rings is 1. The quantitative estimate of drug-likeness (QED) is 0.462. The van der Waals surface area contributed by atoms with E-state index in [2.05, 4.69) is 17.0 Å². The van der Waals surface area contributed by atoms with Crippen LogP contribution in [0, 0.1) is 5.92 Å². The molecule has 1 aromatic heterocycles. The normalized spacial score (nSPS) is 17.6. The Kier molecular flexibility index (Phi) is 6.68. The molecule has 6 nitrogen and oxygen atoms in total. The first-order chi connectivity index (χ1) is 17.0. The van der Waals surface area contributed by atoms with E-state index < -0.39 is 0 Å². The van der Waals surface area contributed by atoms with E-state index in [-0.39, 0.29) is 30.2 Å². The molecule has 0 saturated carbocycles. The van der Waals surface area contributed by atoms with Crippen LogP contribution in [0.25, 0.3) is 0 Å². The maximum atomic E-state index is 13.3. The molecule has 1 fully saturated rings. The smallest absolute Gasteiger partial charge is 0.263 e. The summed E-state index contributed by atoms with van der Waals surface area (Å²) in [6, 6.07) is 17.6. The fraction of sp³-hybridized carbons (Fsp3) is 0.321. The lowest BCUT2D eigenvalue weighted by atomic mass is 9.94. The Balaban J connectivity index is 1.30. The fourth-order valence-electron chi connectivity index (χ4n) is 5.05. The molecule has 3 amide bonds. The number of likely N-dealkylation sites (N-methyl/N-ethyl adjacent to an activating group) is 1. The molecule has 0 spiro atoms. The van der Waals surface area contributed by atoms with E-state index in [9.17, 15) is 14.4 Å². The third-order valence-electron chi connectivity index (χ3n) is 6.96. The molecule has 1 saturated heterocycles. The van der Waals surface area contributed by atoms with E-state index >= 15 is 0 Å². The van der Waals surface area contributed by atoms with Gasteiger partial charge in [-0.3, -0.25) is 19.3 Å². The van der Waals surface area contributed by atoms with Gasteiger partial charge in [-0.25, -0.2) is 0 Å². The average Bonchev–Trinajstić information content (AvgIpc) is 3.50. The average molecular weight is 488 g/mol. The van der Waals surface area contributed by atoms with Crippen molar-refractivity contribution in [1.29, 1.82) is 0 Å². The molecule has 0 unspecified atom stereocenters. The lowest BCUT2D eigenvalue weighted by Crippen LogP contribution is -2.44. The van der Waals surface area contributed by atoms with E-state index in [1.165, 1.54) is 10.5 Å².